The number of nitrogens with one attached hydrogen (secondary N) is 2. The number of benzene rings is 2. The van der Waals surface area contributed by atoms with E-state index in [2.05, 4.69) is 34.5 Å². The third-order valence-electron chi connectivity index (χ3n) is 4.65. The number of hydrogen-bond donors (Lipinski definition) is 2. The first-order valence-corrected chi connectivity index (χ1v) is 8.78. The lowest BCUT2D eigenvalue weighted by molar-refractivity contribution is -0.892. The van der Waals surface area contributed by atoms with Gasteiger partial charge in [0.05, 0.1) is 33.3 Å². The summed E-state index contributed by atoms with van der Waals surface area (Å²) in [6, 6.07) is 18.2. The van der Waals surface area contributed by atoms with Gasteiger partial charge in [-0.2, -0.15) is 0 Å². The number of methoxy groups -OCH3 is 1. The van der Waals surface area contributed by atoms with Crippen LogP contribution >= 0.6 is 0 Å². The number of amides is 1. The number of carbonyl (C=O) groups is 1. The van der Waals surface area contributed by atoms with Gasteiger partial charge in [0.25, 0.3) is 5.91 Å². The Morgan fingerprint density at radius 1 is 1.08 bits per heavy atom. The minimum absolute atomic E-state index is 0.110. The van der Waals surface area contributed by atoms with Crippen molar-refractivity contribution >= 4 is 11.6 Å². The minimum Gasteiger partial charge on any atom is -0.497 e. The predicted molar refractivity (Wildman–Crippen MR) is 99.1 cm³/mol. The Morgan fingerprint density at radius 3 is 2.40 bits per heavy atom. The van der Waals surface area contributed by atoms with E-state index >= 15 is 0 Å². The van der Waals surface area contributed by atoms with E-state index in [1.807, 2.05) is 30.3 Å². The molecule has 2 N–H and O–H groups in total. The molecule has 25 heavy (non-hydrogen) atoms. The summed E-state index contributed by atoms with van der Waals surface area (Å²) in [5, 5.41) is 3.01. The van der Waals surface area contributed by atoms with Gasteiger partial charge in [-0.1, -0.05) is 30.3 Å². The first kappa shape index (κ1) is 17.3. The highest BCUT2D eigenvalue weighted by atomic mass is 16.5. The van der Waals surface area contributed by atoms with Crippen molar-refractivity contribution in [3.63, 3.8) is 0 Å². The van der Waals surface area contributed by atoms with Crippen LogP contribution in [0.15, 0.2) is 54.6 Å². The van der Waals surface area contributed by atoms with Gasteiger partial charge in [-0.05, 0) is 29.8 Å². The molecule has 2 aromatic rings. The molecule has 132 valence electrons. The van der Waals surface area contributed by atoms with Crippen LogP contribution in [-0.2, 0) is 11.3 Å². The summed E-state index contributed by atoms with van der Waals surface area (Å²) in [5.74, 6) is 0.940. The molecule has 3 rings (SSSR count). The van der Waals surface area contributed by atoms with Crippen molar-refractivity contribution in [3.05, 3.63) is 60.2 Å². The molecule has 0 spiro atoms. The molecular weight excluding hydrogens is 314 g/mol. The second kappa shape index (κ2) is 8.53. The molecule has 0 radical (unpaired) electrons. The summed E-state index contributed by atoms with van der Waals surface area (Å²) in [6.45, 7) is 5.07. The highest BCUT2D eigenvalue weighted by molar-refractivity contribution is 5.76. The zero-order chi connectivity index (χ0) is 17.5. The Kier molecular flexibility index (Phi) is 5.90. The first-order chi connectivity index (χ1) is 12.2. The zero-order valence-corrected chi connectivity index (χ0v) is 14.7. The third kappa shape index (κ3) is 4.97. The monoisotopic (exact) mass is 340 g/mol. The third-order valence-corrected chi connectivity index (χ3v) is 4.65. The van der Waals surface area contributed by atoms with Crippen LogP contribution in [0.25, 0.3) is 0 Å². The molecule has 0 bridgehead atoms. The first-order valence-electron chi connectivity index (χ1n) is 8.78. The largest absolute Gasteiger partial charge is 0.497 e. The molecule has 1 amide bonds. The van der Waals surface area contributed by atoms with E-state index in [-0.39, 0.29) is 5.91 Å². The van der Waals surface area contributed by atoms with Gasteiger partial charge in [-0.25, -0.2) is 0 Å². The fourth-order valence-electron chi connectivity index (χ4n) is 3.13. The van der Waals surface area contributed by atoms with Crippen molar-refractivity contribution in [2.75, 3.05) is 44.7 Å². The highest BCUT2D eigenvalue weighted by Gasteiger charge is 2.22. The van der Waals surface area contributed by atoms with Gasteiger partial charge < -0.3 is 19.9 Å². The van der Waals surface area contributed by atoms with E-state index in [4.69, 9.17) is 4.74 Å². The van der Waals surface area contributed by atoms with Crippen LogP contribution in [0.3, 0.4) is 0 Å². The quantitative estimate of drug-likeness (QED) is 0.814. The van der Waals surface area contributed by atoms with Gasteiger partial charge in [-0.15, -0.1) is 0 Å². The van der Waals surface area contributed by atoms with Crippen molar-refractivity contribution in [1.29, 1.82) is 0 Å². The summed E-state index contributed by atoms with van der Waals surface area (Å²) in [5.41, 5.74) is 2.35. The minimum atomic E-state index is 0.110. The summed E-state index contributed by atoms with van der Waals surface area (Å²) in [4.78, 5) is 15.9. The number of para-hydroxylation sites is 1. The lowest BCUT2D eigenvalue weighted by Crippen LogP contribution is -3.15. The number of hydrogen-bond acceptors (Lipinski definition) is 3. The van der Waals surface area contributed by atoms with Gasteiger partial charge in [0.2, 0.25) is 0 Å². The van der Waals surface area contributed by atoms with Gasteiger partial charge in [0.1, 0.15) is 5.75 Å². The van der Waals surface area contributed by atoms with Crippen LogP contribution in [0.2, 0.25) is 0 Å². The van der Waals surface area contributed by atoms with Crippen LogP contribution in [0.5, 0.6) is 5.75 Å². The lowest BCUT2D eigenvalue weighted by atomic mass is 10.2. The van der Waals surface area contributed by atoms with Crippen LogP contribution in [0.4, 0.5) is 5.69 Å². The van der Waals surface area contributed by atoms with E-state index in [1.54, 1.807) is 7.11 Å². The number of quaternary nitrogens is 1. The van der Waals surface area contributed by atoms with Gasteiger partial charge in [0, 0.05) is 12.2 Å². The topological polar surface area (TPSA) is 46.0 Å². The van der Waals surface area contributed by atoms with Crippen LogP contribution in [-0.4, -0.2) is 45.7 Å². The smallest absolute Gasteiger partial charge is 0.275 e. The predicted octanol–water partition coefficient (Wildman–Crippen LogP) is 0.717. The normalized spacial score (nSPS) is 15.0. The average molecular weight is 340 g/mol. The maximum absolute atomic E-state index is 12.2. The van der Waals surface area contributed by atoms with E-state index < -0.39 is 0 Å². The number of nitrogens with zero attached hydrogens (tertiary/aromatic N) is 1. The second-order valence-electron chi connectivity index (χ2n) is 6.37. The van der Waals surface area contributed by atoms with E-state index in [0.717, 1.165) is 37.5 Å². The van der Waals surface area contributed by atoms with E-state index in [1.165, 1.54) is 10.6 Å². The zero-order valence-electron chi connectivity index (χ0n) is 14.7. The van der Waals surface area contributed by atoms with Gasteiger partial charge >= 0.3 is 0 Å². The van der Waals surface area contributed by atoms with Crippen molar-refractivity contribution in [1.82, 2.24) is 5.32 Å². The summed E-state index contributed by atoms with van der Waals surface area (Å²) < 4.78 is 5.14. The van der Waals surface area contributed by atoms with Crippen LogP contribution in [0, 0.1) is 0 Å². The molecule has 0 unspecified atom stereocenters. The van der Waals surface area contributed by atoms with Crippen molar-refractivity contribution in [3.8, 4) is 5.75 Å². The van der Waals surface area contributed by atoms with Gasteiger partial charge in [0.15, 0.2) is 6.54 Å². The molecular formula is C20H26N3O2+. The molecule has 1 fully saturated rings. The van der Waals surface area contributed by atoms with Gasteiger partial charge in [-0.3, -0.25) is 4.79 Å². The Bertz CT molecular complexity index is 665. The maximum atomic E-state index is 12.2. The van der Waals surface area contributed by atoms with Crippen molar-refractivity contribution < 1.29 is 14.4 Å². The fraction of sp³-hybridized carbons (Fsp3) is 0.350. The van der Waals surface area contributed by atoms with Crippen molar-refractivity contribution in [2.24, 2.45) is 0 Å². The lowest BCUT2D eigenvalue weighted by Gasteiger charge is -2.33. The molecule has 0 aliphatic carbocycles. The molecule has 0 aromatic heterocycles. The van der Waals surface area contributed by atoms with E-state index in [9.17, 15) is 4.79 Å². The maximum Gasteiger partial charge on any atom is 0.275 e. The number of ether oxygens (including phenoxy) is 1. The Morgan fingerprint density at radius 2 is 1.76 bits per heavy atom. The summed E-state index contributed by atoms with van der Waals surface area (Å²) in [7, 11) is 1.65. The molecule has 1 heterocycles. The van der Waals surface area contributed by atoms with Crippen LogP contribution < -0.4 is 19.9 Å². The molecule has 0 saturated carbocycles. The molecule has 1 aliphatic heterocycles. The van der Waals surface area contributed by atoms with E-state index in [0.29, 0.717) is 13.1 Å². The molecule has 1 saturated heterocycles. The molecule has 2 aromatic carbocycles. The Hall–Kier alpha value is -2.53. The number of piperazine rings is 1. The molecule has 0 atom stereocenters. The molecule has 1 aliphatic rings. The second-order valence-corrected chi connectivity index (χ2v) is 6.37. The van der Waals surface area contributed by atoms with Crippen molar-refractivity contribution in [2.45, 2.75) is 6.54 Å². The average Bonchev–Trinajstić information content (AvgIpc) is 2.68. The summed E-state index contributed by atoms with van der Waals surface area (Å²) in [6.07, 6.45) is 0. The standard InChI is InChI=1S/C20H25N3O2/c1-25-19-9-7-17(8-10-19)15-21-20(24)16-22-11-13-23(14-12-22)18-5-3-2-4-6-18/h2-10H,11-16H2,1H3,(H,21,24)/p+1. The summed E-state index contributed by atoms with van der Waals surface area (Å²) >= 11 is 0. The number of carbonyl (C=O) groups excluding carboxylic acids is 1. The SMILES string of the molecule is COc1ccc(CNC(=O)C[NH+]2CCN(c3ccccc3)CC2)cc1. The Balaban J connectivity index is 1.40. The molecule has 5 nitrogen and oxygen atoms in total. The fourth-order valence-corrected chi connectivity index (χ4v) is 3.13. The highest BCUT2D eigenvalue weighted by Crippen LogP contribution is 2.12. The number of anilines is 1. The van der Waals surface area contributed by atoms with Crippen LogP contribution in [0.1, 0.15) is 5.56 Å². The molecule has 5 heteroatoms. The Labute approximate surface area is 149 Å². The number of rotatable bonds is 6.